The molecule has 0 unspecified atom stereocenters. The molecule has 0 aliphatic heterocycles. The maximum atomic E-state index is 11.2. The van der Waals surface area contributed by atoms with E-state index in [1.54, 1.807) is 31.8 Å². The lowest BCUT2D eigenvalue weighted by Crippen LogP contribution is -2.08. The van der Waals surface area contributed by atoms with Crippen molar-refractivity contribution in [3.63, 3.8) is 0 Å². The Morgan fingerprint density at radius 3 is 2.74 bits per heavy atom. The molecule has 0 atom stereocenters. The van der Waals surface area contributed by atoms with Crippen molar-refractivity contribution in [2.45, 2.75) is 24.6 Å². The summed E-state index contributed by atoms with van der Waals surface area (Å²) in [5.74, 6) is 0.0626. The molecule has 0 aromatic carbocycles. The van der Waals surface area contributed by atoms with Crippen molar-refractivity contribution in [1.29, 1.82) is 0 Å². The number of rotatable bonds is 4. The van der Waals surface area contributed by atoms with E-state index in [0.717, 1.165) is 5.69 Å². The molecular formula is C11H13N5O2S. The molecule has 0 bridgehead atoms. The lowest BCUT2D eigenvalue weighted by atomic mass is 10.2. The van der Waals surface area contributed by atoms with E-state index in [1.165, 1.54) is 11.8 Å². The van der Waals surface area contributed by atoms with Crippen LogP contribution in [0.1, 0.15) is 27.6 Å². The van der Waals surface area contributed by atoms with Crippen LogP contribution in [0.15, 0.2) is 11.2 Å². The molecule has 2 rings (SSSR count). The van der Waals surface area contributed by atoms with Gasteiger partial charge in [-0.15, -0.1) is 5.10 Å². The number of carboxylic acids is 1. The van der Waals surface area contributed by atoms with Gasteiger partial charge >= 0.3 is 5.97 Å². The van der Waals surface area contributed by atoms with Crippen LogP contribution in [-0.2, 0) is 12.8 Å². The molecular weight excluding hydrogens is 266 g/mol. The van der Waals surface area contributed by atoms with Crippen molar-refractivity contribution in [2.24, 2.45) is 7.05 Å². The van der Waals surface area contributed by atoms with Gasteiger partial charge in [-0.3, -0.25) is 4.68 Å². The average Bonchev–Trinajstić information content (AvgIpc) is 2.71. The summed E-state index contributed by atoms with van der Waals surface area (Å²) in [7, 11) is 1.78. The fraction of sp³-hybridized carbons (Fsp3) is 0.364. The third-order valence-electron chi connectivity index (χ3n) is 2.39. The van der Waals surface area contributed by atoms with Gasteiger partial charge < -0.3 is 5.11 Å². The quantitative estimate of drug-likeness (QED) is 0.664. The second-order valence-corrected chi connectivity index (χ2v) is 4.98. The van der Waals surface area contributed by atoms with E-state index in [9.17, 15) is 9.90 Å². The predicted octanol–water partition coefficient (Wildman–Crippen LogP) is 1.21. The molecule has 0 saturated carbocycles. The van der Waals surface area contributed by atoms with E-state index in [2.05, 4.69) is 20.3 Å². The van der Waals surface area contributed by atoms with Crippen LogP contribution >= 0.6 is 11.8 Å². The molecule has 8 heteroatoms. The second kappa shape index (κ2) is 5.35. The van der Waals surface area contributed by atoms with Gasteiger partial charge in [0.05, 0.1) is 11.4 Å². The van der Waals surface area contributed by atoms with Crippen molar-refractivity contribution >= 4 is 17.7 Å². The van der Waals surface area contributed by atoms with Gasteiger partial charge in [-0.2, -0.15) is 0 Å². The predicted molar refractivity (Wildman–Crippen MR) is 69.0 cm³/mol. The van der Waals surface area contributed by atoms with E-state index < -0.39 is 5.97 Å². The number of hydrogen-bond acceptors (Lipinski definition) is 6. The largest absolute Gasteiger partial charge is 0.478 e. The van der Waals surface area contributed by atoms with Crippen LogP contribution < -0.4 is 0 Å². The number of carboxylic acid groups (broad SMARTS) is 1. The minimum absolute atomic E-state index is 0.152. The maximum Gasteiger partial charge on any atom is 0.340 e. The normalized spacial score (nSPS) is 10.7. The van der Waals surface area contributed by atoms with Crippen LogP contribution in [-0.4, -0.2) is 36.0 Å². The van der Waals surface area contributed by atoms with Gasteiger partial charge in [0.1, 0.15) is 16.4 Å². The lowest BCUT2D eigenvalue weighted by Gasteiger charge is -2.07. The Labute approximate surface area is 114 Å². The summed E-state index contributed by atoms with van der Waals surface area (Å²) in [6.45, 7) is 3.41. The van der Waals surface area contributed by atoms with E-state index in [-0.39, 0.29) is 5.56 Å². The van der Waals surface area contributed by atoms with Gasteiger partial charge in [0.15, 0.2) is 0 Å². The van der Waals surface area contributed by atoms with Crippen molar-refractivity contribution in [3.05, 3.63) is 29.0 Å². The first kappa shape index (κ1) is 13.5. The van der Waals surface area contributed by atoms with Crippen molar-refractivity contribution < 1.29 is 9.90 Å². The van der Waals surface area contributed by atoms with Crippen LogP contribution in [0, 0.1) is 13.8 Å². The zero-order valence-corrected chi connectivity index (χ0v) is 11.6. The summed E-state index contributed by atoms with van der Waals surface area (Å²) in [4.78, 5) is 19.5. The van der Waals surface area contributed by atoms with E-state index in [0.29, 0.717) is 22.3 Å². The van der Waals surface area contributed by atoms with Crippen LogP contribution in [0.25, 0.3) is 0 Å². The van der Waals surface area contributed by atoms with Crippen LogP contribution in [0.4, 0.5) is 0 Å². The van der Waals surface area contributed by atoms with Gasteiger partial charge in [-0.25, -0.2) is 14.8 Å². The Bertz CT molecular complexity index is 626. The molecule has 0 spiro atoms. The standard InChI is InChI=1S/C11H13N5O2S/c1-6-9(11(17)18)10(13-7(2)12-6)19-5-8-4-16(3)15-14-8/h4H,5H2,1-3H3,(H,17,18). The monoisotopic (exact) mass is 279 g/mol. The number of thioether (sulfide) groups is 1. The SMILES string of the molecule is Cc1nc(C)c(C(=O)O)c(SCc2cn(C)nn2)n1. The molecule has 2 heterocycles. The summed E-state index contributed by atoms with van der Waals surface area (Å²) in [5, 5.41) is 17.5. The zero-order valence-electron chi connectivity index (χ0n) is 10.8. The van der Waals surface area contributed by atoms with Gasteiger partial charge in [0.2, 0.25) is 0 Å². The minimum atomic E-state index is -1.01. The summed E-state index contributed by atoms with van der Waals surface area (Å²) in [5.41, 5.74) is 1.40. The number of aryl methyl sites for hydroxylation is 3. The molecule has 2 aromatic rings. The number of hydrogen-bond donors (Lipinski definition) is 1. The van der Waals surface area contributed by atoms with Gasteiger partial charge in [-0.05, 0) is 13.8 Å². The Hall–Kier alpha value is -1.96. The summed E-state index contributed by atoms with van der Waals surface area (Å²) in [6.07, 6.45) is 1.79. The highest BCUT2D eigenvalue weighted by Crippen LogP contribution is 2.25. The average molecular weight is 279 g/mol. The van der Waals surface area contributed by atoms with Gasteiger partial charge in [0, 0.05) is 19.0 Å². The number of nitrogens with zero attached hydrogens (tertiary/aromatic N) is 5. The molecule has 0 aliphatic rings. The minimum Gasteiger partial charge on any atom is -0.478 e. The van der Waals surface area contributed by atoms with Crippen molar-refractivity contribution in [2.75, 3.05) is 0 Å². The molecule has 19 heavy (non-hydrogen) atoms. The Kier molecular flexibility index (Phi) is 3.79. The highest BCUT2D eigenvalue weighted by atomic mass is 32.2. The van der Waals surface area contributed by atoms with Crippen LogP contribution in [0.3, 0.4) is 0 Å². The van der Waals surface area contributed by atoms with Crippen molar-refractivity contribution in [3.8, 4) is 0 Å². The maximum absolute atomic E-state index is 11.2. The van der Waals surface area contributed by atoms with E-state index in [4.69, 9.17) is 0 Å². The Morgan fingerprint density at radius 1 is 1.42 bits per heavy atom. The molecule has 0 fully saturated rings. The third kappa shape index (κ3) is 3.08. The molecule has 2 aromatic heterocycles. The van der Waals surface area contributed by atoms with Crippen LogP contribution in [0.2, 0.25) is 0 Å². The summed E-state index contributed by atoms with van der Waals surface area (Å²) in [6, 6.07) is 0. The fourth-order valence-electron chi connectivity index (χ4n) is 1.64. The van der Waals surface area contributed by atoms with Crippen LogP contribution in [0.5, 0.6) is 0 Å². The van der Waals surface area contributed by atoms with E-state index in [1.807, 2.05) is 0 Å². The molecule has 0 radical (unpaired) electrons. The number of aromatic nitrogens is 5. The highest BCUT2D eigenvalue weighted by molar-refractivity contribution is 7.98. The first-order chi connectivity index (χ1) is 8.97. The van der Waals surface area contributed by atoms with Gasteiger partial charge in [-0.1, -0.05) is 17.0 Å². The number of carbonyl (C=O) groups is 1. The van der Waals surface area contributed by atoms with Crippen molar-refractivity contribution in [1.82, 2.24) is 25.0 Å². The van der Waals surface area contributed by atoms with Gasteiger partial charge in [0.25, 0.3) is 0 Å². The molecule has 100 valence electrons. The highest BCUT2D eigenvalue weighted by Gasteiger charge is 2.17. The fourth-order valence-corrected chi connectivity index (χ4v) is 2.63. The topological polar surface area (TPSA) is 93.8 Å². The molecule has 0 saturated heterocycles. The molecule has 1 N–H and O–H groups in total. The third-order valence-corrected chi connectivity index (χ3v) is 3.40. The second-order valence-electron chi connectivity index (χ2n) is 4.01. The first-order valence-electron chi connectivity index (χ1n) is 5.54. The summed E-state index contributed by atoms with van der Waals surface area (Å²) < 4.78 is 1.60. The smallest absolute Gasteiger partial charge is 0.340 e. The Balaban J connectivity index is 2.26. The molecule has 0 aliphatic carbocycles. The molecule has 0 amide bonds. The lowest BCUT2D eigenvalue weighted by molar-refractivity contribution is 0.0690. The molecule has 7 nitrogen and oxygen atoms in total. The first-order valence-corrected chi connectivity index (χ1v) is 6.52. The number of aromatic carboxylic acids is 1. The van der Waals surface area contributed by atoms with E-state index >= 15 is 0 Å². The zero-order chi connectivity index (χ0) is 14.0. The summed E-state index contributed by atoms with van der Waals surface area (Å²) >= 11 is 1.32. The Morgan fingerprint density at radius 2 is 2.16 bits per heavy atom.